The Morgan fingerprint density at radius 2 is 1.48 bits per heavy atom. The largest absolute Gasteiger partial charge is 0.496 e. The highest BCUT2D eigenvalue weighted by atomic mass is 16.5. The Bertz CT molecular complexity index is 697. The molecule has 1 aliphatic heterocycles. The van der Waals surface area contributed by atoms with E-state index >= 15 is 0 Å². The molecule has 1 heterocycles. The van der Waals surface area contributed by atoms with E-state index in [1.807, 2.05) is 18.2 Å². The Kier molecular flexibility index (Phi) is 6.75. The van der Waals surface area contributed by atoms with E-state index in [9.17, 15) is 0 Å². The summed E-state index contributed by atoms with van der Waals surface area (Å²) in [4.78, 5) is 2.55. The number of nitrogens with one attached hydrogen (secondary N) is 1. The van der Waals surface area contributed by atoms with E-state index in [1.54, 1.807) is 14.2 Å². The first kappa shape index (κ1) is 19.7. The average molecular weight is 369 g/mol. The first-order chi connectivity index (χ1) is 13.2. The smallest absolute Gasteiger partial charge is 0.127 e. The van der Waals surface area contributed by atoms with E-state index in [0.717, 1.165) is 49.7 Å². The van der Waals surface area contributed by atoms with E-state index in [1.165, 1.54) is 11.1 Å². The minimum Gasteiger partial charge on any atom is -0.496 e. The third kappa shape index (κ3) is 4.45. The van der Waals surface area contributed by atoms with Crippen molar-refractivity contribution in [1.29, 1.82) is 0 Å². The van der Waals surface area contributed by atoms with Gasteiger partial charge in [0.2, 0.25) is 0 Å². The van der Waals surface area contributed by atoms with Gasteiger partial charge in [-0.3, -0.25) is 4.90 Å². The molecule has 0 bridgehead atoms. The Balaban J connectivity index is 2.10. The molecule has 0 aromatic heterocycles. The highest BCUT2D eigenvalue weighted by Gasteiger charge is 2.29. The molecule has 1 N–H and O–H groups in total. The molecule has 27 heavy (non-hydrogen) atoms. The van der Waals surface area contributed by atoms with Crippen LogP contribution in [0.4, 0.5) is 0 Å². The van der Waals surface area contributed by atoms with Crippen molar-refractivity contribution in [2.45, 2.75) is 32.2 Å². The van der Waals surface area contributed by atoms with Gasteiger partial charge in [0.25, 0.3) is 0 Å². The predicted octanol–water partition coefficient (Wildman–Crippen LogP) is 4.21. The van der Waals surface area contributed by atoms with Crippen LogP contribution < -0.4 is 14.8 Å². The molecule has 1 aliphatic rings. The minimum absolute atomic E-state index is 0.109. The van der Waals surface area contributed by atoms with Crippen molar-refractivity contribution in [3.8, 4) is 11.5 Å². The molecule has 1 fully saturated rings. The van der Waals surface area contributed by atoms with E-state index in [-0.39, 0.29) is 6.04 Å². The van der Waals surface area contributed by atoms with Gasteiger partial charge in [-0.2, -0.15) is 0 Å². The lowest BCUT2D eigenvalue weighted by Crippen LogP contribution is -2.33. The lowest BCUT2D eigenvalue weighted by Gasteiger charge is -2.33. The molecule has 2 aromatic rings. The molecule has 0 spiro atoms. The number of hydrogen-bond donors (Lipinski definition) is 1. The van der Waals surface area contributed by atoms with Gasteiger partial charge in [0.05, 0.1) is 25.8 Å². The van der Waals surface area contributed by atoms with Crippen LogP contribution in [0.2, 0.25) is 0 Å². The summed E-state index contributed by atoms with van der Waals surface area (Å²) in [7, 11) is 3.47. The van der Waals surface area contributed by atoms with Crippen LogP contribution in [-0.2, 0) is 0 Å². The van der Waals surface area contributed by atoms with Crippen molar-refractivity contribution in [1.82, 2.24) is 10.2 Å². The number of methoxy groups -OCH3 is 2. The summed E-state index contributed by atoms with van der Waals surface area (Å²) >= 11 is 0. The van der Waals surface area contributed by atoms with Crippen molar-refractivity contribution < 1.29 is 9.47 Å². The number of ether oxygens (including phenoxy) is 2. The summed E-state index contributed by atoms with van der Waals surface area (Å²) < 4.78 is 11.5. The Morgan fingerprint density at radius 1 is 0.852 bits per heavy atom. The quantitative estimate of drug-likeness (QED) is 0.828. The van der Waals surface area contributed by atoms with Gasteiger partial charge < -0.3 is 14.8 Å². The van der Waals surface area contributed by atoms with Gasteiger partial charge >= 0.3 is 0 Å². The van der Waals surface area contributed by atoms with Crippen LogP contribution in [0.3, 0.4) is 0 Å². The monoisotopic (exact) mass is 368 g/mol. The van der Waals surface area contributed by atoms with Crippen LogP contribution in [0, 0.1) is 0 Å². The van der Waals surface area contributed by atoms with Gasteiger partial charge in [-0.25, -0.2) is 0 Å². The zero-order chi connectivity index (χ0) is 19.2. The Labute approximate surface area is 163 Å². The molecule has 4 nitrogen and oxygen atoms in total. The fourth-order valence-electron chi connectivity index (χ4n) is 3.90. The molecule has 1 unspecified atom stereocenters. The second-order valence-corrected chi connectivity index (χ2v) is 7.44. The molecule has 0 amide bonds. The van der Waals surface area contributed by atoms with Crippen molar-refractivity contribution in [2.75, 3.05) is 40.4 Å². The van der Waals surface area contributed by atoms with Gasteiger partial charge in [-0.15, -0.1) is 0 Å². The van der Waals surface area contributed by atoms with Crippen LogP contribution >= 0.6 is 0 Å². The van der Waals surface area contributed by atoms with Crippen LogP contribution in [0.25, 0.3) is 0 Å². The van der Waals surface area contributed by atoms with Gasteiger partial charge in [0.15, 0.2) is 0 Å². The molecule has 0 saturated carbocycles. The van der Waals surface area contributed by atoms with Crippen molar-refractivity contribution in [2.24, 2.45) is 0 Å². The zero-order valence-corrected chi connectivity index (χ0v) is 17.0. The molecule has 1 atom stereocenters. The third-order valence-electron chi connectivity index (χ3n) is 5.40. The first-order valence-corrected chi connectivity index (χ1v) is 9.91. The maximum Gasteiger partial charge on any atom is 0.127 e. The second kappa shape index (κ2) is 9.25. The van der Waals surface area contributed by atoms with E-state index in [2.05, 4.69) is 48.3 Å². The molecule has 0 radical (unpaired) electrons. The van der Waals surface area contributed by atoms with E-state index < -0.39 is 0 Å². The lowest BCUT2D eigenvalue weighted by molar-refractivity contribution is 0.231. The van der Waals surface area contributed by atoms with E-state index in [4.69, 9.17) is 9.47 Å². The number of rotatable bonds is 6. The number of nitrogens with zero attached hydrogens (tertiary/aromatic N) is 1. The summed E-state index contributed by atoms with van der Waals surface area (Å²) in [6, 6.07) is 15.2. The lowest BCUT2D eigenvalue weighted by atomic mass is 9.92. The number of benzene rings is 2. The molecule has 1 saturated heterocycles. The van der Waals surface area contributed by atoms with Crippen LogP contribution in [0.15, 0.2) is 42.5 Å². The molecule has 3 rings (SSSR count). The summed E-state index contributed by atoms with van der Waals surface area (Å²) in [6.45, 7) is 8.58. The molecule has 146 valence electrons. The average Bonchev–Trinajstić information content (AvgIpc) is 2.98. The van der Waals surface area contributed by atoms with Crippen molar-refractivity contribution in [3.05, 3.63) is 59.2 Å². The second-order valence-electron chi connectivity index (χ2n) is 7.44. The van der Waals surface area contributed by atoms with Crippen molar-refractivity contribution in [3.63, 3.8) is 0 Å². The van der Waals surface area contributed by atoms with Gasteiger partial charge in [-0.1, -0.05) is 44.2 Å². The summed E-state index contributed by atoms with van der Waals surface area (Å²) in [6.07, 6.45) is 1.14. The molecule has 4 heteroatoms. The Hall–Kier alpha value is -2.04. The van der Waals surface area contributed by atoms with Crippen LogP contribution in [0.1, 0.15) is 48.9 Å². The maximum absolute atomic E-state index is 5.75. The molecular formula is C23H32N2O2. The minimum atomic E-state index is 0.109. The van der Waals surface area contributed by atoms with Crippen molar-refractivity contribution >= 4 is 0 Å². The standard InChI is InChI=1S/C23H32N2O2/c1-17(2)18-9-11-19(12-10-18)23(25-15-6-13-24-14-16-25)22-20(26-3)7-5-8-21(22)27-4/h5,7-12,17,23-24H,6,13-16H2,1-4H3. The summed E-state index contributed by atoms with van der Waals surface area (Å²) in [5, 5.41) is 3.51. The Morgan fingerprint density at radius 3 is 2.07 bits per heavy atom. The fourth-order valence-corrected chi connectivity index (χ4v) is 3.90. The maximum atomic E-state index is 5.75. The molecular weight excluding hydrogens is 336 g/mol. The van der Waals surface area contributed by atoms with Gasteiger partial charge in [0.1, 0.15) is 11.5 Å². The predicted molar refractivity (Wildman–Crippen MR) is 111 cm³/mol. The zero-order valence-electron chi connectivity index (χ0n) is 17.0. The van der Waals surface area contributed by atoms with Crippen LogP contribution in [-0.4, -0.2) is 45.3 Å². The summed E-state index contributed by atoms with van der Waals surface area (Å²) in [5.41, 5.74) is 3.76. The number of hydrogen-bond acceptors (Lipinski definition) is 4. The highest BCUT2D eigenvalue weighted by molar-refractivity contribution is 5.51. The first-order valence-electron chi connectivity index (χ1n) is 9.91. The van der Waals surface area contributed by atoms with Gasteiger partial charge in [-0.05, 0) is 42.1 Å². The van der Waals surface area contributed by atoms with Crippen LogP contribution in [0.5, 0.6) is 11.5 Å². The molecule has 0 aliphatic carbocycles. The van der Waals surface area contributed by atoms with E-state index in [0.29, 0.717) is 5.92 Å². The van der Waals surface area contributed by atoms with Gasteiger partial charge in [0, 0.05) is 19.6 Å². The summed E-state index contributed by atoms with van der Waals surface area (Å²) in [5.74, 6) is 2.29. The topological polar surface area (TPSA) is 33.7 Å². The SMILES string of the molecule is COc1cccc(OC)c1C(c1ccc(C(C)C)cc1)N1CCCNCC1. The normalized spacial score (nSPS) is 16.8. The molecule has 2 aromatic carbocycles. The third-order valence-corrected chi connectivity index (χ3v) is 5.40. The fraction of sp³-hybridized carbons (Fsp3) is 0.478. The highest BCUT2D eigenvalue weighted by Crippen LogP contribution is 2.41.